The van der Waals surface area contributed by atoms with Crippen molar-refractivity contribution in [3.05, 3.63) is 34.6 Å². The molecular formula is C18H27ClFN. The molecule has 1 aliphatic carbocycles. The smallest absolute Gasteiger partial charge is 0.123 e. The number of hydrogen-bond donors (Lipinski definition) is 1. The SMILES string of the molecule is CCCNC(Cc1cc(F)ccc1Cl)C1(C)CCCCC1. The second-order valence-corrected chi connectivity index (χ2v) is 7.07. The van der Waals surface area contributed by atoms with Gasteiger partial charge in [0, 0.05) is 11.1 Å². The molecule has 0 spiro atoms. The fraction of sp³-hybridized carbons (Fsp3) is 0.667. The van der Waals surface area contributed by atoms with Crippen molar-refractivity contribution in [1.82, 2.24) is 5.32 Å². The summed E-state index contributed by atoms with van der Waals surface area (Å²) < 4.78 is 13.5. The number of hydrogen-bond acceptors (Lipinski definition) is 1. The topological polar surface area (TPSA) is 12.0 Å². The molecule has 1 aliphatic rings. The lowest BCUT2D eigenvalue weighted by Gasteiger charge is -2.41. The molecule has 0 radical (unpaired) electrons. The molecule has 118 valence electrons. The van der Waals surface area contributed by atoms with Crippen LogP contribution < -0.4 is 5.32 Å². The van der Waals surface area contributed by atoms with Crippen molar-refractivity contribution in [3.63, 3.8) is 0 Å². The molecule has 1 N–H and O–H groups in total. The van der Waals surface area contributed by atoms with Gasteiger partial charge in [-0.1, -0.05) is 44.7 Å². The Labute approximate surface area is 133 Å². The molecule has 0 bridgehead atoms. The third-order valence-electron chi connectivity index (χ3n) is 4.91. The lowest BCUT2D eigenvalue weighted by atomic mass is 9.69. The minimum Gasteiger partial charge on any atom is -0.313 e. The summed E-state index contributed by atoms with van der Waals surface area (Å²) in [5.74, 6) is -0.197. The first kappa shape index (κ1) is 16.8. The van der Waals surface area contributed by atoms with Crippen LogP contribution in [-0.4, -0.2) is 12.6 Å². The van der Waals surface area contributed by atoms with Crippen LogP contribution >= 0.6 is 11.6 Å². The van der Waals surface area contributed by atoms with Crippen LogP contribution in [0.3, 0.4) is 0 Å². The van der Waals surface area contributed by atoms with Crippen LogP contribution in [0.1, 0.15) is 57.9 Å². The molecule has 21 heavy (non-hydrogen) atoms. The Balaban J connectivity index is 2.17. The molecule has 1 aromatic carbocycles. The molecule has 1 saturated carbocycles. The molecule has 0 saturated heterocycles. The summed E-state index contributed by atoms with van der Waals surface area (Å²) in [6, 6.07) is 5.07. The lowest BCUT2D eigenvalue weighted by molar-refractivity contribution is 0.143. The van der Waals surface area contributed by atoms with Gasteiger partial charge < -0.3 is 5.32 Å². The molecule has 1 atom stereocenters. The van der Waals surface area contributed by atoms with Crippen molar-refractivity contribution in [2.75, 3.05) is 6.54 Å². The van der Waals surface area contributed by atoms with Crippen LogP contribution in [0.25, 0.3) is 0 Å². The predicted molar refractivity (Wildman–Crippen MR) is 88.4 cm³/mol. The minimum absolute atomic E-state index is 0.197. The first-order valence-corrected chi connectivity index (χ1v) is 8.60. The number of rotatable bonds is 6. The van der Waals surface area contributed by atoms with Crippen molar-refractivity contribution in [2.45, 2.75) is 64.8 Å². The quantitative estimate of drug-likeness (QED) is 0.745. The third kappa shape index (κ3) is 4.43. The van der Waals surface area contributed by atoms with E-state index in [-0.39, 0.29) is 5.82 Å². The van der Waals surface area contributed by atoms with Gasteiger partial charge in [-0.25, -0.2) is 4.39 Å². The molecule has 0 amide bonds. The van der Waals surface area contributed by atoms with Crippen LogP contribution in [0, 0.1) is 11.2 Å². The normalized spacial score (nSPS) is 19.4. The van der Waals surface area contributed by atoms with Gasteiger partial charge in [0.05, 0.1) is 0 Å². The highest BCUT2D eigenvalue weighted by Crippen LogP contribution is 2.40. The maximum Gasteiger partial charge on any atom is 0.123 e. The van der Waals surface area contributed by atoms with E-state index in [4.69, 9.17) is 11.6 Å². The average Bonchev–Trinajstić information content (AvgIpc) is 2.47. The highest BCUT2D eigenvalue weighted by Gasteiger charge is 2.35. The lowest BCUT2D eigenvalue weighted by Crippen LogP contribution is -2.46. The number of halogens is 2. The Bertz CT molecular complexity index is 455. The van der Waals surface area contributed by atoms with Gasteiger partial charge in [-0.05, 0) is 61.4 Å². The fourth-order valence-electron chi connectivity index (χ4n) is 3.51. The van der Waals surface area contributed by atoms with Crippen molar-refractivity contribution < 1.29 is 4.39 Å². The van der Waals surface area contributed by atoms with Crippen LogP contribution in [0.5, 0.6) is 0 Å². The summed E-state index contributed by atoms with van der Waals surface area (Å²) >= 11 is 6.26. The molecule has 0 heterocycles. The molecule has 1 fully saturated rings. The Hall–Kier alpha value is -0.600. The van der Waals surface area contributed by atoms with E-state index >= 15 is 0 Å². The van der Waals surface area contributed by atoms with Crippen molar-refractivity contribution >= 4 is 11.6 Å². The Morgan fingerprint density at radius 3 is 2.67 bits per heavy atom. The van der Waals surface area contributed by atoms with Crippen LogP contribution in [-0.2, 0) is 6.42 Å². The van der Waals surface area contributed by atoms with Crippen LogP contribution in [0.15, 0.2) is 18.2 Å². The predicted octanol–water partition coefficient (Wildman–Crippen LogP) is 5.36. The molecular weight excluding hydrogens is 285 g/mol. The monoisotopic (exact) mass is 311 g/mol. The highest BCUT2D eigenvalue weighted by molar-refractivity contribution is 6.31. The van der Waals surface area contributed by atoms with E-state index in [0.717, 1.165) is 24.9 Å². The van der Waals surface area contributed by atoms with Gasteiger partial charge in [-0.3, -0.25) is 0 Å². The van der Waals surface area contributed by atoms with Crippen molar-refractivity contribution in [1.29, 1.82) is 0 Å². The van der Waals surface area contributed by atoms with Crippen LogP contribution in [0.2, 0.25) is 5.02 Å². The fourth-order valence-corrected chi connectivity index (χ4v) is 3.71. The summed E-state index contributed by atoms with van der Waals surface area (Å²) in [4.78, 5) is 0. The summed E-state index contributed by atoms with van der Waals surface area (Å²) in [5, 5.41) is 4.37. The third-order valence-corrected chi connectivity index (χ3v) is 5.28. The minimum atomic E-state index is -0.197. The largest absolute Gasteiger partial charge is 0.313 e. The maximum atomic E-state index is 13.5. The van der Waals surface area contributed by atoms with E-state index in [1.807, 2.05) is 0 Å². The zero-order chi connectivity index (χ0) is 15.3. The van der Waals surface area contributed by atoms with E-state index in [0.29, 0.717) is 16.5 Å². The van der Waals surface area contributed by atoms with Gasteiger partial charge in [0.1, 0.15) is 5.82 Å². The van der Waals surface area contributed by atoms with E-state index in [9.17, 15) is 4.39 Å². The molecule has 0 aromatic heterocycles. The Morgan fingerprint density at radius 2 is 2.00 bits per heavy atom. The van der Waals surface area contributed by atoms with E-state index < -0.39 is 0 Å². The second kappa shape index (κ2) is 7.60. The number of nitrogens with one attached hydrogen (secondary N) is 1. The zero-order valence-electron chi connectivity index (χ0n) is 13.2. The first-order valence-electron chi connectivity index (χ1n) is 8.22. The van der Waals surface area contributed by atoms with Gasteiger partial charge in [0.15, 0.2) is 0 Å². The first-order chi connectivity index (χ1) is 10.0. The van der Waals surface area contributed by atoms with E-state index in [1.165, 1.54) is 38.2 Å². The highest BCUT2D eigenvalue weighted by atomic mass is 35.5. The second-order valence-electron chi connectivity index (χ2n) is 6.66. The van der Waals surface area contributed by atoms with Gasteiger partial charge in [0.25, 0.3) is 0 Å². The zero-order valence-corrected chi connectivity index (χ0v) is 14.0. The maximum absolute atomic E-state index is 13.5. The van der Waals surface area contributed by atoms with Crippen LogP contribution in [0.4, 0.5) is 4.39 Å². The van der Waals surface area contributed by atoms with E-state index in [2.05, 4.69) is 19.2 Å². The van der Waals surface area contributed by atoms with Gasteiger partial charge in [-0.15, -0.1) is 0 Å². The van der Waals surface area contributed by atoms with Gasteiger partial charge in [-0.2, -0.15) is 0 Å². The number of benzene rings is 1. The van der Waals surface area contributed by atoms with Crippen molar-refractivity contribution in [2.24, 2.45) is 5.41 Å². The molecule has 3 heteroatoms. The van der Waals surface area contributed by atoms with E-state index in [1.54, 1.807) is 12.1 Å². The standard InChI is InChI=1S/C18H27ClFN/c1-3-11-21-17(18(2)9-5-4-6-10-18)13-14-12-15(20)7-8-16(14)19/h7-8,12,17,21H,3-6,9-11,13H2,1-2H3. The van der Waals surface area contributed by atoms with Gasteiger partial charge >= 0.3 is 0 Å². The summed E-state index contributed by atoms with van der Waals surface area (Å²) in [7, 11) is 0. The average molecular weight is 312 g/mol. The Kier molecular flexibility index (Phi) is 6.07. The molecule has 1 nitrogen and oxygen atoms in total. The molecule has 0 aliphatic heterocycles. The molecule has 2 rings (SSSR count). The summed E-state index contributed by atoms with van der Waals surface area (Å²) in [6.07, 6.45) is 8.38. The molecule has 1 aromatic rings. The summed E-state index contributed by atoms with van der Waals surface area (Å²) in [5.41, 5.74) is 1.22. The summed E-state index contributed by atoms with van der Waals surface area (Å²) in [6.45, 7) is 5.57. The molecule has 1 unspecified atom stereocenters. The van der Waals surface area contributed by atoms with Crippen molar-refractivity contribution in [3.8, 4) is 0 Å². The van der Waals surface area contributed by atoms with Gasteiger partial charge in [0.2, 0.25) is 0 Å². The Morgan fingerprint density at radius 1 is 1.29 bits per heavy atom.